The molecule has 0 spiro atoms. The number of halogens is 1. The largest absolute Gasteiger partial charge is 0.497 e. The van der Waals surface area contributed by atoms with Crippen LogP contribution in [-0.2, 0) is 0 Å². The molecule has 0 amide bonds. The minimum absolute atomic E-state index is 0.146. The molecule has 3 heteroatoms. The molecule has 19 heavy (non-hydrogen) atoms. The Labute approximate surface area is 122 Å². The molecule has 2 aromatic carbocycles. The van der Waals surface area contributed by atoms with Gasteiger partial charge in [0.15, 0.2) is 0 Å². The predicted octanol–water partition coefficient (Wildman–Crippen LogP) is 4.50. The van der Waals surface area contributed by atoms with Gasteiger partial charge in [-0.2, -0.15) is 0 Å². The minimum Gasteiger partial charge on any atom is -0.497 e. The highest BCUT2D eigenvalue weighted by Crippen LogP contribution is 2.34. The van der Waals surface area contributed by atoms with Gasteiger partial charge < -0.3 is 9.47 Å². The first-order valence-corrected chi connectivity index (χ1v) is 7.00. The number of hydrogen-bond acceptors (Lipinski definition) is 2. The van der Waals surface area contributed by atoms with Gasteiger partial charge in [0.05, 0.1) is 19.0 Å². The average molecular weight is 321 g/mol. The summed E-state index contributed by atoms with van der Waals surface area (Å²) in [5.41, 5.74) is 3.50. The summed E-state index contributed by atoms with van der Waals surface area (Å²) in [5, 5.41) is 0. The second kappa shape index (κ2) is 6.11. The lowest BCUT2D eigenvalue weighted by atomic mass is 10.0. The fraction of sp³-hybridized carbons (Fsp3) is 0.250. The van der Waals surface area contributed by atoms with Gasteiger partial charge in [0.2, 0.25) is 0 Å². The van der Waals surface area contributed by atoms with Gasteiger partial charge in [-0.3, -0.25) is 0 Å². The van der Waals surface area contributed by atoms with E-state index in [0.29, 0.717) is 0 Å². The highest BCUT2D eigenvalue weighted by Gasteiger charge is 2.12. The van der Waals surface area contributed by atoms with Crippen molar-refractivity contribution in [2.75, 3.05) is 14.2 Å². The lowest BCUT2D eigenvalue weighted by molar-refractivity contribution is 0.411. The van der Waals surface area contributed by atoms with E-state index >= 15 is 0 Å². The first kappa shape index (κ1) is 13.9. The van der Waals surface area contributed by atoms with Crippen LogP contribution in [0.4, 0.5) is 0 Å². The third-order valence-electron chi connectivity index (χ3n) is 3.10. The molecule has 1 atom stereocenters. The zero-order valence-electron chi connectivity index (χ0n) is 11.3. The van der Waals surface area contributed by atoms with Gasteiger partial charge in [0, 0.05) is 0 Å². The summed E-state index contributed by atoms with van der Waals surface area (Å²) in [6, 6.07) is 14.3. The van der Waals surface area contributed by atoms with Crippen molar-refractivity contribution in [2.24, 2.45) is 0 Å². The van der Waals surface area contributed by atoms with Crippen LogP contribution in [0.3, 0.4) is 0 Å². The van der Waals surface area contributed by atoms with E-state index in [-0.39, 0.29) is 4.83 Å². The van der Waals surface area contributed by atoms with Crippen molar-refractivity contribution >= 4 is 15.9 Å². The lowest BCUT2D eigenvalue weighted by Gasteiger charge is -2.14. The molecule has 0 fully saturated rings. The van der Waals surface area contributed by atoms with E-state index in [4.69, 9.17) is 9.47 Å². The first-order valence-electron chi connectivity index (χ1n) is 6.08. The van der Waals surface area contributed by atoms with Crippen molar-refractivity contribution in [1.29, 1.82) is 0 Å². The fourth-order valence-electron chi connectivity index (χ4n) is 2.05. The third-order valence-corrected chi connectivity index (χ3v) is 4.16. The Morgan fingerprint density at radius 1 is 0.947 bits per heavy atom. The Morgan fingerprint density at radius 2 is 1.68 bits per heavy atom. The average Bonchev–Trinajstić information content (AvgIpc) is 2.46. The van der Waals surface area contributed by atoms with Crippen molar-refractivity contribution in [1.82, 2.24) is 0 Å². The molecule has 1 unspecified atom stereocenters. The van der Waals surface area contributed by atoms with Crippen LogP contribution in [0, 0.1) is 6.92 Å². The first-order chi connectivity index (χ1) is 9.15. The topological polar surface area (TPSA) is 18.5 Å². The van der Waals surface area contributed by atoms with Gasteiger partial charge in [-0.05, 0) is 41.8 Å². The highest BCUT2D eigenvalue weighted by molar-refractivity contribution is 9.09. The van der Waals surface area contributed by atoms with E-state index < -0.39 is 0 Å². The van der Waals surface area contributed by atoms with Crippen LogP contribution < -0.4 is 9.47 Å². The summed E-state index contributed by atoms with van der Waals surface area (Å²) in [7, 11) is 3.37. The number of alkyl halides is 1. The Hall–Kier alpha value is -1.48. The smallest absolute Gasteiger partial charge is 0.121 e. The standard InChI is InChI=1S/C16H17BrO2/c1-11-9-13(7-8-15(11)19-3)16(17)12-5-4-6-14(10-12)18-2/h4-10,16H,1-3H3. The fourth-order valence-corrected chi connectivity index (χ4v) is 2.62. The number of benzene rings is 2. The Kier molecular flexibility index (Phi) is 4.48. The van der Waals surface area contributed by atoms with E-state index in [0.717, 1.165) is 17.1 Å². The highest BCUT2D eigenvalue weighted by atomic mass is 79.9. The van der Waals surface area contributed by atoms with Crippen LogP contribution >= 0.6 is 15.9 Å². The molecular formula is C16H17BrO2. The number of ether oxygens (including phenoxy) is 2. The van der Waals surface area contributed by atoms with Gasteiger partial charge >= 0.3 is 0 Å². The van der Waals surface area contributed by atoms with Gasteiger partial charge in [0.25, 0.3) is 0 Å². The molecule has 0 aliphatic rings. The van der Waals surface area contributed by atoms with E-state index in [9.17, 15) is 0 Å². The molecule has 0 saturated heterocycles. The van der Waals surface area contributed by atoms with E-state index in [2.05, 4.69) is 34.1 Å². The summed E-state index contributed by atoms with van der Waals surface area (Å²) < 4.78 is 10.5. The summed E-state index contributed by atoms with van der Waals surface area (Å²) >= 11 is 3.74. The van der Waals surface area contributed by atoms with Crippen molar-refractivity contribution < 1.29 is 9.47 Å². The molecule has 0 aliphatic heterocycles. The SMILES string of the molecule is COc1cccc(C(Br)c2ccc(OC)c(C)c2)c1. The molecule has 0 aliphatic carbocycles. The molecule has 0 heterocycles. The minimum atomic E-state index is 0.146. The Morgan fingerprint density at radius 3 is 2.32 bits per heavy atom. The molecule has 2 aromatic rings. The van der Waals surface area contributed by atoms with Gasteiger partial charge in [-0.15, -0.1) is 0 Å². The molecule has 0 bridgehead atoms. The maximum Gasteiger partial charge on any atom is 0.121 e. The summed E-state index contributed by atoms with van der Waals surface area (Å²) in [5.74, 6) is 1.78. The molecule has 0 N–H and O–H groups in total. The molecule has 0 saturated carbocycles. The Bertz CT molecular complexity index is 566. The molecule has 2 nitrogen and oxygen atoms in total. The number of aryl methyl sites for hydroxylation is 1. The molecule has 100 valence electrons. The maximum atomic E-state index is 5.29. The van der Waals surface area contributed by atoms with Gasteiger partial charge in [-0.1, -0.05) is 40.2 Å². The second-order valence-corrected chi connectivity index (χ2v) is 5.28. The number of rotatable bonds is 4. The third kappa shape index (κ3) is 3.10. The molecule has 2 rings (SSSR count). The van der Waals surface area contributed by atoms with Crippen LogP contribution in [-0.4, -0.2) is 14.2 Å². The predicted molar refractivity (Wildman–Crippen MR) is 81.5 cm³/mol. The normalized spacial score (nSPS) is 12.0. The van der Waals surface area contributed by atoms with Crippen molar-refractivity contribution in [3.8, 4) is 11.5 Å². The second-order valence-electron chi connectivity index (χ2n) is 4.37. The van der Waals surface area contributed by atoms with Crippen molar-refractivity contribution in [2.45, 2.75) is 11.8 Å². The molecule has 0 aromatic heterocycles. The zero-order valence-corrected chi connectivity index (χ0v) is 12.9. The van der Waals surface area contributed by atoms with E-state index in [1.807, 2.05) is 31.2 Å². The van der Waals surface area contributed by atoms with Crippen LogP contribution in [0.1, 0.15) is 21.5 Å². The molecule has 0 radical (unpaired) electrons. The van der Waals surface area contributed by atoms with Crippen LogP contribution in [0.25, 0.3) is 0 Å². The zero-order chi connectivity index (χ0) is 13.8. The summed E-state index contributed by atoms with van der Waals surface area (Å²) in [6.45, 7) is 2.05. The van der Waals surface area contributed by atoms with Crippen molar-refractivity contribution in [3.63, 3.8) is 0 Å². The van der Waals surface area contributed by atoms with Crippen molar-refractivity contribution in [3.05, 3.63) is 59.2 Å². The maximum absolute atomic E-state index is 5.29. The van der Waals surface area contributed by atoms with E-state index in [1.165, 1.54) is 11.1 Å². The van der Waals surface area contributed by atoms with Crippen LogP contribution in [0.15, 0.2) is 42.5 Å². The number of methoxy groups -OCH3 is 2. The monoisotopic (exact) mass is 320 g/mol. The quantitative estimate of drug-likeness (QED) is 0.772. The van der Waals surface area contributed by atoms with Crippen LogP contribution in [0.2, 0.25) is 0 Å². The van der Waals surface area contributed by atoms with Crippen LogP contribution in [0.5, 0.6) is 11.5 Å². The number of hydrogen-bond donors (Lipinski definition) is 0. The molecular weight excluding hydrogens is 304 g/mol. The van der Waals surface area contributed by atoms with Gasteiger partial charge in [-0.25, -0.2) is 0 Å². The lowest BCUT2D eigenvalue weighted by Crippen LogP contribution is -1.96. The van der Waals surface area contributed by atoms with Gasteiger partial charge in [0.1, 0.15) is 11.5 Å². The summed E-state index contributed by atoms with van der Waals surface area (Å²) in [6.07, 6.45) is 0. The Balaban J connectivity index is 2.32. The van der Waals surface area contributed by atoms with E-state index in [1.54, 1.807) is 14.2 Å². The summed E-state index contributed by atoms with van der Waals surface area (Å²) in [4.78, 5) is 0.146.